The Morgan fingerprint density at radius 3 is 2.63 bits per heavy atom. The first-order valence-corrected chi connectivity index (χ1v) is 6.70. The molecule has 19 heavy (non-hydrogen) atoms. The molecular weight excluding hydrogens is 248 g/mol. The average Bonchev–Trinajstić information content (AvgIpc) is 2.71. The summed E-state index contributed by atoms with van der Waals surface area (Å²) >= 11 is 0. The third-order valence-corrected chi connectivity index (χ3v) is 3.13. The van der Waals surface area contributed by atoms with Gasteiger partial charge in [-0.3, -0.25) is 9.59 Å². The zero-order valence-corrected chi connectivity index (χ0v) is 11.9. The number of carbonyl (C=O) groups excluding carboxylic acids is 1. The molecule has 1 heterocycles. The highest BCUT2D eigenvalue weighted by molar-refractivity contribution is 5.81. The molecule has 0 saturated carbocycles. The Morgan fingerprint density at radius 1 is 1.37 bits per heavy atom. The van der Waals surface area contributed by atoms with E-state index in [1.165, 1.54) is 0 Å². The lowest BCUT2D eigenvalue weighted by molar-refractivity contribution is -0.139. The SMILES string of the molecule is CCCNC1COCC1C(=O)NC(C)(C)CC(=O)O. The fourth-order valence-corrected chi connectivity index (χ4v) is 2.19. The monoisotopic (exact) mass is 272 g/mol. The van der Waals surface area contributed by atoms with Crippen molar-refractivity contribution in [3.63, 3.8) is 0 Å². The number of amides is 1. The fraction of sp³-hybridized carbons (Fsp3) is 0.846. The van der Waals surface area contributed by atoms with E-state index in [9.17, 15) is 9.59 Å². The topological polar surface area (TPSA) is 87.7 Å². The Bertz CT molecular complexity index is 331. The summed E-state index contributed by atoms with van der Waals surface area (Å²) in [4.78, 5) is 22.9. The van der Waals surface area contributed by atoms with Gasteiger partial charge in [0, 0.05) is 11.6 Å². The molecule has 6 nitrogen and oxygen atoms in total. The molecule has 0 radical (unpaired) electrons. The van der Waals surface area contributed by atoms with Crippen LogP contribution in [0.15, 0.2) is 0 Å². The molecule has 0 aromatic rings. The number of carboxylic acids is 1. The molecule has 1 aliphatic heterocycles. The van der Waals surface area contributed by atoms with Crippen molar-refractivity contribution < 1.29 is 19.4 Å². The molecule has 0 aliphatic carbocycles. The lowest BCUT2D eigenvalue weighted by Gasteiger charge is -2.27. The van der Waals surface area contributed by atoms with Crippen molar-refractivity contribution in [1.29, 1.82) is 0 Å². The standard InChI is InChI=1S/C13H24N2O4/c1-4-5-14-10-8-19-7-9(10)12(18)15-13(2,3)6-11(16)17/h9-10,14H,4-8H2,1-3H3,(H,15,18)(H,16,17). The van der Waals surface area contributed by atoms with Gasteiger partial charge in [0.15, 0.2) is 0 Å². The van der Waals surface area contributed by atoms with E-state index in [2.05, 4.69) is 17.6 Å². The molecule has 1 fully saturated rings. The first-order chi connectivity index (χ1) is 8.85. The molecular formula is C13H24N2O4. The summed E-state index contributed by atoms with van der Waals surface area (Å²) in [6.45, 7) is 7.24. The molecule has 1 aliphatic rings. The van der Waals surface area contributed by atoms with Crippen LogP contribution in [0.4, 0.5) is 0 Å². The Morgan fingerprint density at radius 2 is 2.05 bits per heavy atom. The summed E-state index contributed by atoms with van der Waals surface area (Å²) < 4.78 is 5.34. The maximum atomic E-state index is 12.2. The van der Waals surface area contributed by atoms with Gasteiger partial charge in [-0.05, 0) is 26.8 Å². The van der Waals surface area contributed by atoms with Crippen LogP contribution in [0.2, 0.25) is 0 Å². The van der Waals surface area contributed by atoms with E-state index in [1.54, 1.807) is 13.8 Å². The zero-order chi connectivity index (χ0) is 14.5. The van der Waals surface area contributed by atoms with Gasteiger partial charge in [0.2, 0.25) is 5.91 Å². The Balaban J connectivity index is 2.54. The second-order valence-corrected chi connectivity index (χ2v) is 5.65. The first-order valence-electron chi connectivity index (χ1n) is 6.70. The number of hydrogen-bond donors (Lipinski definition) is 3. The van der Waals surface area contributed by atoms with Crippen LogP contribution in [-0.4, -0.2) is 48.3 Å². The van der Waals surface area contributed by atoms with Crippen molar-refractivity contribution in [2.24, 2.45) is 5.92 Å². The zero-order valence-electron chi connectivity index (χ0n) is 11.9. The van der Waals surface area contributed by atoms with E-state index in [0.29, 0.717) is 13.2 Å². The smallest absolute Gasteiger partial charge is 0.305 e. The van der Waals surface area contributed by atoms with Crippen LogP contribution in [-0.2, 0) is 14.3 Å². The summed E-state index contributed by atoms with van der Waals surface area (Å²) in [5.74, 6) is -1.31. The Hall–Kier alpha value is -1.14. The lowest BCUT2D eigenvalue weighted by Crippen LogP contribution is -2.51. The van der Waals surface area contributed by atoms with Crippen LogP contribution in [0.5, 0.6) is 0 Å². The van der Waals surface area contributed by atoms with Crippen LogP contribution in [0.1, 0.15) is 33.6 Å². The number of carboxylic acid groups (broad SMARTS) is 1. The second-order valence-electron chi connectivity index (χ2n) is 5.65. The van der Waals surface area contributed by atoms with Crippen LogP contribution in [0, 0.1) is 5.92 Å². The Labute approximate surface area is 113 Å². The van der Waals surface area contributed by atoms with Crippen LogP contribution in [0.25, 0.3) is 0 Å². The minimum Gasteiger partial charge on any atom is -0.481 e. The van der Waals surface area contributed by atoms with Gasteiger partial charge in [-0.15, -0.1) is 0 Å². The number of rotatable bonds is 7. The van der Waals surface area contributed by atoms with Crippen molar-refractivity contribution in [2.45, 2.75) is 45.2 Å². The molecule has 0 bridgehead atoms. The highest BCUT2D eigenvalue weighted by Crippen LogP contribution is 2.17. The fourth-order valence-electron chi connectivity index (χ4n) is 2.19. The van der Waals surface area contributed by atoms with Crippen LogP contribution < -0.4 is 10.6 Å². The molecule has 1 rings (SSSR count). The van der Waals surface area contributed by atoms with E-state index >= 15 is 0 Å². The first kappa shape index (κ1) is 15.9. The van der Waals surface area contributed by atoms with Gasteiger partial charge in [-0.2, -0.15) is 0 Å². The number of carbonyl (C=O) groups is 2. The molecule has 0 aromatic heterocycles. The van der Waals surface area contributed by atoms with Crippen LogP contribution in [0.3, 0.4) is 0 Å². The van der Waals surface area contributed by atoms with E-state index in [4.69, 9.17) is 9.84 Å². The highest BCUT2D eigenvalue weighted by atomic mass is 16.5. The van der Waals surface area contributed by atoms with Crippen molar-refractivity contribution in [3.8, 4) is 0 Å². The molecule has 6 heteroatoms. The van der Waals surface area contributed by atoms with Crippen molar-refractivity contribution in [3.05, 3.63) is 0 Å². The molecule has 0 aromatic carbocycles. The third-order valence-electron chi connectivity index (χ3n) is 3.13. The van der Waals surface area contributed by atoms with Crippen LogP contribution >= 0.6 is 0 Å². The maximum absolute atomic E-state index is 12.2. The molecule has 1 saturated heterocycles. The number of ether oxygens (including phenoxy) is 1. The summed E-state index contributed by atoms with van der Waals surface area (Å²) in [6, 6.07) is 0.0144. The average molecular weight is 272 g/mol. The highest BCUT2D eigenvalue weighted by Gasteiger charge is 2.36. The lowest BCUT2D eigenvalue weighted by atomic mass is 9.97. The predicted octanol–water partition coefficient (Wildman–Crippen LogP) is 0.371. The molecule has 3 N–H and O–H groups in total. The van der Waals surface area contributed by atoms with E-state index < -0.39 is 11.5 Å². The molecule has 1 amide bonds. The van der Waals surface area contributed by atoms with E-state index in [1.807, 2.05) is 0 Å². The summed E-state index contributed by atoms with van der Waals surface area (Å²) in [6.07, 6.45) is 0.898. The second kappa shape index (κ2) is 6.86. The van der Waals surface area contributed by atoms with Gasteiger partial charge >= 0.3 is 5.97 Å². The molecule has 2 unspecified atom stereocenters. The molecule has 110 valence electrons. The number of hydrogen-bond acceptors (Lipinski definition) is 4. The van der Waals surface area contributed by atoms with Crippen molar-refractivity contribution in [1.82, 2.24) is 10.6 Å². The van der Waals surface area contributed by atoms with Gasteiger partial charge < -0.3 is 20.5 Å². The van der Waals surface area contributed by atoms with Gasteiger partial charge in [0.1, 0.15) is 0 Å². The van der Waals surface area contributed by atoms with E-state index in [0.717, 1.165) is 13.0 Å². The van der Waals surface area contributed by atoms with Crippen molar-refractivity contribution in [2.75, 3.05) is 19.8 Å². The summed E-state index contributed by atoms with van der Waals surface area (Å²) in [5, 5.41) is 14.9. The maximum Gasteiger partial charge on any atom is 0.305 e. The predicted molar refractivity (Wildman–Crippen MR) is 70.9 cm³/mol. The Kier molecular flexibility index (Phi) is 5.75. The van der Waals surface area contributed by atoms with Crippen molar-refractivity contribution >= 4 is 11.9 Å². The van der Waals surface area contributed by atoms with Gasteiger partial charge in [0.05, 0.1) is 25.6 Å². The molecule has 0 spiro atoms. The summed E-state index contributed by atoms with van der Waals surface area (Å²) in [7, 11) is 0. The van der Waals surface area contributed by atoms with Gasteiger partial charge in [-0.25, -0.2) is 0 Å². The largest absolute Gasteiger partial charge is 0.481 e. The molecule has 2 atom stereocenters. The number of aliphatic carboxylic acids is 1. The van der Waals surface area contributed by atoms with Gasteiger partial charge in [-0.1, -0.05) is 6.92 Å². The van der Waals surface area contributed by atoms with E-state index in [-0.39, 0.29) is 24.3 Å². The normalized spacial score (nSPS) is 23.3. The minimum absolute atomic E-state index is 0.0144. The summed E-state index contributed by atoms with van der Waals surface area (Å²) in [5.41, 5.74) is -0.749. The van der Waals surface area contributed by atoms with Gasteiger partial charge in [0.25, 0.3) is 0 Å². The quantitative estimate of drug-likeness (QED) is 0.623. The third kappa shape index (κ3) is 5.16. The number of nitrogens with one attached hydrogen (secondary N) is 2. The minimum atomic E-state index is -0.923.